The first-order valence-electron chi connectivity index (χ1n) is 4.48. The van der Waals surface area contributed by atoms with E-state index in [9.17, 15) is 4.79 Å². The zero-order chi connectivity index (χ0) is 11.1. The van der Waals surface area contributed by atoms with E-state index < -0.39 is 17.9 Å². The molecule has 0 aromatic rings. The number of carbonyl (C=O) groups is 1. The molecule has 0 aliphatic heterocycles. The van der Waals surface area contributed by atoms with Crippen molar-refractivity contribution in [2.45, 2.75) is 19.9 Å². The van der Waals surface area contributed by atoms with Gasteiger partial charge in [-0.25, -0.2) is 0 Å². The number of aliphatic hydroxyl groups excluding tert-OH is 2. The van der Waals surface area contributed by atoms with Crippen LogP contribution in [0.2, 0.25) is 0 Å². The summed E-state index contributed by atoms with van der Waals surface area (Å²) in [4.78, 5) is 11.4. The molecule has 14 heavy (non-hydrogen) atoms. The van der Waals surface area contributed by atoms with Gasteiger partial charge in [0.25, 0.3) is 0 Å². The number of nitrogens with one attached hydrogen (secondary N) is 1. The number of nitriles is 1. The Bertz CT molecular complexity index is 219. The minimum absolute atomic E-state index is 0.0852. The van der Waals surface area contributed by atoms with Gasteiger partial charge in [-0.15, -0.1) is 0 Å². The van der Waals surface area contributed by atoms with Crippen molar-refractivity contribution >= 4 is 5.91 Å². The van der Waals surface area contributed by atoms with Crippen molar-refractivity contribution in [3.63, 3.8) is 0 Å². The second-order valence-electron chi connectivity index (χ2n) is 3.42. The summed E-state index contributed by atoms with van der Waals surface area (Å²) in [6.45, 7) is 2.86. The standard InChI is InChI=1S/C9H16N2O3/c1-6(2)8(3-10)9(14)11-7(4-12)5-13/h6-8,12-13H,4-5H2,1-2H3,(H,11,14). The van der Waals surface area contributed by atoms with Crippen molar-refractivity contribution in [2.75, 3.05) is 13.2 Å². The number of amides is 1. The van der Waals surface area contributed by atoms with Crippen LogP contribution in [0.25, 0.3) is 0 Å². The molecule has 0 radical (unpaired) electrons. The smallest absolute Gasteiger partial charge is 0.237 e. The number of hydrogen-bond donors (Lipinski definition) is 3. The molecule has 1 unspecified atom stereocenters. The van der Waals surface area contributed by atoms with Gasteiger partial charge in [-0.05, 0) is 5.92 Å². The molecule has 1 atom stereocenters. The van der Waals surface area contributed by atoms with Gasteiger partial charge in [-0.1, -0.05) is 13.8 Å². The van der Waals surface area contributed by atoms with Gasteiger partial charge in [0.1, 0.15) is 5.92 Å². The number of hydrogen-bond acceptors (Lipinski definition) is 4. The van der Waals surface area contributed by atoms with Gasteiger partial charge in [-0.3, -0.25) is 4.79 Å². The molecular formula is C9H16N2O3. The van der Waals surface area contributed by atoms with E-state index in [1.165, 1.54) is 0 Å². The Morgan fingerprint density at radius 2 is 1.93 bits per heavy atom. The monoisotopic (exact) mass is 200 g/mol. The topological polar surface area (TPSA) is 93.4 Å². The second kappa shape index (κ2) is 6.35. The number of carbonyl (C=O) groups excluding carboxylic acids is 1. The van der Waals surface area contributed by atoms with Crippen LogP contribution in [-0.4, -0.2) is 35.4 Å². The Hall–Kier alpha value is -1.12. The highest BCUT2D eigenvalue weighted by molar-refractivity contribution is 5.81. The van der Waals surface area contributed by atoms with Crippen LogP contribution in [0.15, 0.2) is 0 Å². The first-order chi connectivity index (χ1) is 6.56. The van der Waals surface area contributed by atoms with E-state index >= 15 is 0 Å². The lowest BCUT2D eigenvalue weighted by atomic mass is 9.96. The largest absolute Gasteiger partial charge is 0.394 e. The van der Waals surface area contributed by atoms with Crippen molar-refractivity contribution in [2.24, 2.45) is 11.8 Å². The fourth-order valence-corrected chi connectivity index (χ4v) is 0.950. The average molecular weight is 200 g/mol. The maximum Gasteiger partial charge on any atom is 0.237 e. The molecule has 0 fully saturated rings. The molecule has 0 saturated heterocycles. The number of rotatable bonds is 5. The van der Waals surface area contributed by atoms with Crippen LogP contribution in [-0.2, 0) is 4.79 Å². The molecule has 0 spiro atoms. The molecule has 80 valence electrons. The molecule has 0 aliphatic rings. The summed E-state index contributed by atoms with van der Waals surface area (Å²) in [5, 5.41) is 28.5. The minimum Gasteiger partial charge on any atom is -0.394 e. The lowest BCUT2D eigenvalue weighted by Gasteiger charge is -2.17. The van der Waals surface area contributed by atoms with Gasteiger partial charge in [-0.2, -0.15) is 5.26 Å². The molecule has 5 heteroatoms. The number of aliphatic hydroxyl groups is 2. The summed E-state index contributed by atoms with van der Waals surface area (Å²) in [7, 11) is 0. The maximum atomic E-state index is 11.4. The fourth-order valence-electron chi connectivity index (χ4n) is 0.950. The van der Waals surface area contributed by atoms with Crippen molar-refractivity contribution < 1.29 is 15.0 Å². The third-order valence-corrected chi connectivity index (χ3v) is 1.88. The minimum atomic E-state index is -0.740. The zero-order valence-corrected chi connectivity index (χ0v) is 8.40. The summed E-state index contributed by atoms with van der Waals surface area (Å²) in [6, 6.07) is 1.20. The molecule has 0 aliphatic carbocycles. The summed E-state index contributed by atoms with van der Waals surface area (Å²) in [5.41, 5.74) is 0. The van der Waals surface area contributed by atoms with Crippen molar-refractivity contribution in [1.82, 2.24) is 5.32 Å². The van der Waals surface area contributed by atoms with Crippen LogP contribution in [0.3, 0.4) is 0 Å². The summed E-state index contributed by atoms with van der Waals surface area (Å²) >= 11 is 0. The molecular weight excluding hydrogens is 184 g/mol. The fraction of sp³-hybridized carbons (Fsp3) is 0.778. The second-order valence-corrected chi connectivity index (χ2v) is 3.42. The molecule has 5 nitrogen and oxygen atoms in total. The molecule has 0 saturated carbocycles. The highest BCUT2D eigenvalue weighted by Gasteiger charge is 2.23. The van der Waals surface area contributed by atoms with Crippen molar-refractivity contribution in [3.8, 4) is 6.07 Å². The van der Waals surface area contributed by atoms with Gasteiger partial charge in [0, 0.05) is 0 Å². The number of nitrogens with zero attached hydrogens (tertiary/aromatic N) is 1. The summed E-state index contributed by atoms with van der Waals surface area (Å²) in [5.74, 6) is -1.27. The van der Waals surface area contributed by atoms with Crippen LogP contribution in [0.5, 0.6) is 0 Å². The van der Waals surface area contributed by atoms with Crippen LogP contribution >= 0.6 is 0 Å². The first kappa shape index (κ1) is 12.9. The quantitative estimate of drug-likeness (QED) is 0.544. The lowest BCUT2D eigenvalue weighted by molar-refractivity contribution is -0.125. The molecule has 3 N–H and O–H groups in total. The molecule has 0 aromatic heterocycles. The van der Waals surface area contributed by atoms with Gasteiger partial charge in [0.15, 0.2) is 0 Å². The highest BCUT2D eigenvalue weighted by atomic mass is 16.3. The average Bonchev–Trinajstić information content (AvgIpc) is 2.14. The van der Waals surface area contributed by atoms with E-state index in [4.69, 9.17) is 15.5 Å². The van der Waals surface area contributed by atoms with E-state index in [0.717, 1.165) is 0 Å². The van der Waals surface area contributed by atoms with Crippen molar-refractivity contribution in [3.05, 3.63) is 0 Å². The van der Waals surface area contributed by atoms with Gasteiger partial charge >= 0.3 is 0 Å². The van der Waals surface area contributed by atoms with E-state index in [1.807, 2.05) is 6.07 Å². The normalized spacial score (nSPS) is 12.6. The Morgan fingerprint density at radius 1 is 1.43 bits per heavy atom. The Balaban J connectivity index is 4.25. The maximum absolute atomic E-state index is 11.4. The predicted octanol–water partition coefficient (Wildman–Crippen LogP) is -0.748. The third kappa shape index (κ3) is 3.73. The Labute approximate surface area is 83.4 Å². The van der Waals surface area contributed by atoms with Gasteiger partial charge in [0.2, 0.25) is 5.91 Å². The van der Waals surface area contributed by atoms with Crippen LogP contribution in [0.1, 0.15) is 13.8 Å². The predicted molar refractivity (Wildman–Crippen MR) is 50.0 cm³/mol. The first-order valence-corrected chi connectivity index (χ1v) is 4.48. The van der Waals surface area contributed by atoms with Gasteiger partial charge in [0.05, 0.1) is 25.3 Å². The van der Waals surface area contributed by atoms with Gasteiger partial charge < -0.3 is 15.5 Å². The van der Waals surface area contributed by atoms with Crippen LogP contribution in [0, 0.1) is 23.2 Å². The molecule has 0 aromatic carbocycles. The van der Waals surface area contributed by atoms with E-state index in [1.54, 1.807) is 13.8 Å². The molecule has 0 heterocycles. The molecule has 1 amide bonds. The third-order valence-electron chi connectivity index (χ3n) is 1.88. The molecule has 0 rings (SSSR count). The van der Waals surface area contributed by atoms with Crippen LogP contribution < -0.4 is 5.32 Å². The van der Waals surface area contributed by atoms with Crippen molar-refractivity contribution in [1.29, 1.82) is 5.26 Å². The summed E-state index contributed by atoms with van der Waals surface area (Å²) < 4.78 is 0. The van der Waals surface area contributed by atoms with E-state index in [2.05, 4.69) is 5.32 Å². The van der Waals surface area contributed by atoms with Crippen LogP contribution in [0.4, 0.5) is 0 Å². The SMILES string of the molecule is CC(C)C(C#N)C(=O)NC(CO)CO. The Kier molecular flexibility index (Phi) is 5.84. The van der Waals surface area contributed by atoms with E-state index in [-0.39, 0.29) is 19.1 Å². The van der Waals surface area contributed by atoms with E-state index in [0.29, 0.717) is 0 Å². The highest BCUT2D eigenvalue weighted by Crippen LogP contribution is 2.09. The molecule has 0 bridgehead atoms. The lowest BCUT2D eigenvalue weighted by Crippen LogP contribution is -2.43. The Morgan fingerprint density at radius 3 is 2.21 bits per heavy atom. The summed E-state index contributed by atoms with van der Waals surface area (Å²) in [6.07, 6.45) is 0. The zero-order valence-electron chi connectivity index (χ0n) is 8.40.